The summed E-state index contributed by atoms with van der Waals surface area (Å²) < 4.78 is 5.49. The first-order valence-electron chi connectivity index (χ1n) is 7.33. The molecule has 0 fully saturated rings. The zero-order chi connectivity index (χ0) is 14.9. The van der Waals surface area contributed by atoms with Gasteiger partial charge in [-0.05, 0) is 43.3 Å². The van der Waals surface area contributed by atoms with E-state index in [0.717, 1.165) is 23.1 Å². The highest BCUT2D eigenvalue weighted by Crippen LogP contribution is 2.24. The number of rotatable bonds is 8. The topological polar surface area (TPSA) is 34.2 Å². The van der Waals surface area contributed by atoms with E-state index in [0.29, 0.717) is 12.6 Å². The number of pyridine rings is 1. The van der Waals surface area contributed by atoms with Gasteiger partial charge in [0.05, 0.1) is 11.6 Å². The van der Waals surface area contributed by atoms with Crippen molar-refractivity contribution in [2.24, 2.45) is 0 Å². The van der Waals surface area contributed by atoms with Crippen molar-refractivity contribution in [3.05, 3.63) is 54.2 Å². The maximum absolute atomic E-state index is 5.49. The molecule has 2 aromatic rings. The van der Waals surface area contributed by atoms with E-state index in [-0.39, 0.29) is 0 Å². The minimum atomic E-state index is 0.317. The first-order chi connectivity index (χ1) is 10.3. The largest absolute Gasteiger partial charge is 0.494 e. The monoisotopic (exact) mass is 302 g/mol. The lowest BCUT2D eigenvalue weighted by Crippen LogP contribution is -2.22. The number of nitrogens with one attached hydrogen (secondary N) is 1. The van der Waals surface area contributed by atoms with Crippen LogP contribution in [0.2, 0.25) is 0 Å². The van der Waals surface area contributed by atoms with Gasteiger partial charge in [-0.25, -0.2) is 4.98 Å². The van der Waals surface area contributed by atoms with Gasteiger partial charge in [0, 0.05) is 18.0 Å². The van der Waals surface area contributed by atoms with E-state index in [4.69, 9.17) is 4.74 Å². The molecule has 2 rings (SSSR count). The molecule has 0 saturated carbocycles. The van der Waals surface area contributed by atoms with Gasteiger partial charge in [-0.15, -0.1) is 11.8 Å². The van der Waals surface area contributed by atoms with E-state index in [9.17, 15) is 0 Å². The van der Waals surface area contributed by atoms with E-state index < -0.39 is 0 Å². The van der Waals surface area contributed by atoms with Crippen LogP contribution in [0.3, 0.4) is 0 Å². The van der Waals surface area contributed by atoms with Crippen LogP contribution in [-0.2, 0) is 0 Å². The van der Waals surface area contributed by atoms with Gasteiger partial charge in [0.2, 0.25) is 0 Å². The van der Waals surface area contributed by atoms with Gasteiger partial charge in [-0.2, -0.15) is 0 Å². The van der Waals surface area contributed by atoms with Crippen molar-refractivity contribution in [1.29, 1.82) is 0 Å². The molecule has 0 amide bonds. The van der Waals surface area contributed by atoms with Gasteiger partial charge in [0.15, 0.2) is 0 Å². The molecule has 0 aliphatic rings. The van der Waals surface area contributed by atoms with Crippen LogP contribution in [0.1, 0.15) is 25.5 Å². The van der Waals surface area contributed by atoms with Crippen LogP contribution < -0.4 is 10.1 Å². The summed E-state index contributed by atoms with van der Waals surface area (Å²) in [7, 11) is 0. The Morgan fingerprint density at radius 3 is 2.57 bits per heavy atom. The fraction of sp³-hybridized carbons (Fsp3) is 0.353. The number of benzene rings is 1. The maximum atomic E-state index is 5.49. The number of aromatic nitrogens is 1. The molecule has 21 heavy (non-hydrogen) atoms. The highest BCUT2D eigenvalue weighted by molar-refractivity contribution is 7.99. The maximum Gasteiger partial charge on any atom is 0.119 e. The molecule has 1 unspecified atom stereocenters. The molecular formula is C17H22N2OS. The van der Waals surface area contributed by atoms with Crippen LogP contribution in [0.5, 0.6) is 5.75 Å². The Morgan fingerprint density at radius 1 is 1.14 bits per heavy atom. The standard InChI is InChI=1S/C17H22N2OS/c1-3-18-16(13-21-17-7-5-6-12-19-17)14-8-10-15(11-9-14)20-4-2/h5-12,16,18H,3-4,13H2,1-2H3. The van der Waals surface area contributed by atoms with E-state index in [1.807, 2.05) is 43.5 Å². The Labute approximate surface area is 131 Å². The molecule has 0 radical (unpaired) electrons. The van der Waals surface area contributed by atoms with Gasteiger partial charge in [0.25, 0.3) is 0 Å². The van der Waals surface area contributed by atoms with Crippen molar-refractivity contribution in [2.75, 3.05) is 18.9 Å². The fourth-order valence-electron chi connectivity index (χ4n) is 2.08. The van der Waals surface area contributed by atoms with Gasteiger partial charge in [0.1, 0.15) is 5.75 Å². The number of nitrogens with zero attached hydrogens (tertiary/aromatic N) is 1. The summed E-state index contributed by atoms with van der Waals surface area (Å²) in [5.74, 6) is 1.88. The number of hydrogen-bond donors (Lipinski definition) is 1. The second-order valence-electron chi connectivity index (χ2n) is 4.59. The number of hydrogen-bond acceptors (Lipinski definition) is 4. The quantitative estimate of drug-likeness (QED) is 0.749. The Hall–Kier alpha value is -1.52. The van der Waals surface area contributed by atoms with Crippen LogP contribution in [0, 0.1) is 0 Å². The molecule has 0 aliphatic carbocycles. The summed E-state index contributed by atoms with van der Waals surface area (Å²) in [5, 5.41) is 4.59. The minimum Gasteiger partial charge on any atom is -0.494 e. The minimum absolute atomic E-state index is 0.317. The molecule has 0 spiro atoms. The zero-order valence-electron chi connectivity index (χ0n) is 12.6. The average Bonchev–Trinajstić information content (AvgIpc) is 2.54. The van der Waals surface area contributed by atoms with Crippen LogP contribution in [0.15, 0.2) is 53.7 Å². The van der Waals surface area contributed by atoms with Crippen molar-refractivity contribution in [3.8, 4) is 5.75 Å². The van der Waals surface area contributed by atoms with E-state index in [1.54, 1.807) is 11.8 Å². The summed E-state index contributed by atoms with van der Waals surface area (Å²) in [6.45, 7) is 5.78. The van der Waals surface area contributed by atoms with Gasteiger partial charge in [-0.1, -0.05) is 25.1 Å². The summed E-state index contributed by atoms with van der Waals surface area (Å²) in [6.07, 6.45) is 1.83. The SMILES string of the molecule is CCNC(CSc1ccccn1)c1ccc(OCC)cc1. The first kappa shape index (κ1) is 15.9. The van der Waals surface area contributed by atoms with Crippen LogP contribution in [-0.4, -0.2) is 23.9 Å². The summed E-state index contributed by atoms with van der Waals surface area (Å²) in [5.41, 5.74) is 1.28. The Balaban J connectivity index is 2.00. The second kappa shape index (κ2) is 8.70. The van der Waals surface area contributed by atoms with E-state index in [1.165, 1.54) is 5.56 Å². The second-order valence-corrected chi connectivity index (χ2v) is 5.63. The first-order valence-corrected chi connectivity index (χ1v) is 8.32. The zero-order valence-corrected chi connectivity index (χ0v) is 13.4. The molecule has 112 valence electrons. The Morgan fingerprint density at radius 2 is 1.95 bits per heavy atom. The molecule has 0 saturated heterocycles. The van der Waals surface area contributed by atoms with Gasteiger partial charge < -0.3 is 10.1 Å². The summed E-state index contributed by atoms with van der Waals surface area (Å²) in [4.78, 5) is 4.36. The smallest absolute Gasteiger partial charge is 0.119 e. The fourth-order valence-corrected chi connectivity index (χ4v) is 3.04. The third-order valence-corrected chi connectivity index (χ3v) is 4.12. The predicted octanol–water partition coefficient (Wildman–Crippen LogP) is 3.92. The predicted molar refractivity (Wildman–Crippen MR) is 89.0 cm³/mol. The average molecular weight is 302 g/mol. The molecule has 3 nitrogen and oxygen atoms in total. The van der Waals surface area contributed by atoms with Crippen LogP contribution in [0.25, 0.3) is 0 Å². The molecule has 1 aromatic heterocycles. The third kappa shape index (κ3) is 5.06. The molecule has 1 N–H and O–H groups in total. The normalized spacial score (nSPS) is 12.1. The third-order valence-electron chi connectivity index (χ3n) is 3.08. The molecule has 1 atom stereocenters. The summed E-state index contributed by atoms with van der Waals surface area (Å²) in [6, 6.07) is 14.7. The van der Waals surface area contributed by atoms with E-state index >= 15 is 0 Å². The van der Waals surface area contributed by atoms with Crippen molar-refractivity contribution in [1.82, 2.24) is 10.3 Å². The molecule has 0 bridgehead atoms. The number of ether oxygens (including phenoxy) is 1. The lowest BCUT2D eigenvalue weighted by Gasteiger charge is -2.18. The lowest BCUT2D eigenvalue weighted by atomic mass is 10.1. The number of thioether (sulfide) groups is 1. The Bertz CT molecular complexity index is 516. The van der Waals surface area contributed by atoms with Gasteiger partial charge >= 0.3 is 0 Å². The molecule has 1 aromatic carbocycles. The highest BCUT2D eigenvalue weighted by atomic mass is 32.2. The van der Waals surface area contributed by atoms with Crippen molar-refractivity contribution < 1.29 is 4.74 Å². The molecule has 4 heteroatoms. The summed E-state index contributed by atoms with van der Waals surface area (Å²) >= 11 is 1.77. The Kier molecular flexibility index (Phi) is 6.57. The molecule has 1 heterocycles. The molecule has 0 aliphatic heterocycles. The van der Waals surface area contributed by atoms with Crippen LogP contribution >= 0.6 is 11.8 Å². The van der Waals surface area contributed by atoms with Crippen molar-refractivity contribution in [3.63, 3.8) is 0 Å². The van der Waals surface area contributed by atoms with E-state index in [2.05, 4.69) is 29.4 Å². The highest BCUT2D eigenvalue weighted by Gasteiger charge is 2.11. The van der Waals surface area contributed by atoms with Gasteiger partial charge in [-0.3, -0.25) is 0 Å². The lowest BCUT2D eigenvalue weighted by molar-refractivity contribution is 0.340. The van der Waals surface area contributed by atoms with Crippen molar-refractivity contribution in [2.45, 2.75) is 24.9 Å². The molecular weight excluding hydrogens is 280 g/mol. The van der Waals surface area contributed by atoms with Crippen molar-refractivity contribution >= 4 is 11.8 Å². The van der Waals surface area contributed by atoms with Crippen LogP contribution in [0.4, 0.5) is 0 Å².